The third kappa shape index (κ3) is 3.35. The van der Waals surface area contributed by atoms with Crippen LogP contribution in [0, 0.1) is 12.3 Å². The molecule has 2 amide bonds. The fourth-order valence-corrected chi connectivity index (χ4v) is 2.52. The molecule has 2 atom stereocenters. The van der Waals surface area contributed by atoms with Crippen LogP contribution >= 0.6 is 0 Å². The molecule has 1 heterocycles. The first-order chi connectivity index (χ1) is 9.82. The Balaban J connectivity index is 1.96. The van der Waals surface area contributed by atoms with Crippen molar-refractivity contribution in [2.75, 3.05) is 13.1 Å². The molecule has 5 heteroatoms. The summed E-state index contributed by atoms with van der Waals surface area (Å²) < 4.78 is 0. The van der Waals surface area contributed by atoms with Gasteiger partial charge in [0.15, 0.2) is 0 Å². The number of hydrogen-bond acceptors (Lipinski definition) is 2. The van der Waals surface area contributed by atoms with Gasteiger partial charge in [0, 0.05) is 13.1 Å². The molecule has 1 saturated heterocycles. The molecule has 114 valence electrons. The molecule has 5 nitrogen and oxygen atoms in total. The number of nitrogens with one attached hydrogen (secondary N) is 1. The van der Waals surface area contributed by atoms with Crippen molar-refractivity contribution in [3.8, 4) is 0 Å². The summed E-state index contributed by atoms with van der Waals surface area (Å²) in [6, 6.07) is 7.70. The maximum atomic E-state index is 12.2. The van der Waals surface area contributed by atoms with Crippen LogP contribution < -0.4 is 5.32 Å². The van der Waals surface area contributed by atoms with E-state index in [9.17, 15) is 14.7 Å². The van der Waals surface area contributed by atoms with Gasteiger partial charge in [0.25, 0.3) is 0 Å². The van der Waals surface area contributed by atoms with Gasteiger partial charge < -0.3 is 15.3 Å². The SMILES string of the molecule is Cc1ccc(C(C)NC(=O)N2CCC(C)(C(=O)O)C2)cc1. The molecule has 0 saturated carbocycles. The van der Waals surface area contributed by atoms with E-state index >= 15 is 0 Å². The van der Waals surface area contributed by atoms with E-state index in [1.165, 1.54) is 5.56 Å². The van der Waals surface area contributed by atoms with E-state index in [1.807, 2.05) is 38.1 Å². The second-order valence-corrected chi connectivity index (χ2v) is 6.12. The molecule has 1 fully saturated rings. The Morgan fingerprint density at radius 2 is 1.95 bits per heavy atom. The first kappa shape index (κ1) is 15.4. The number of carbonyl (C=O) groups excluding carboxylic acids is 1. The number of carbonyl (C=O) groups is 2. The molecule has 1 aromatic rings. The molecule has 1 aliphatic rings. The third-order valence-corrected chi connectivity index (χ3v) is 4.19. The van der Waals surface area contributed by atoms with Crippen molar-refractivity contribution in [2.45, 2.75) is 33.2 Å². The maximum Gasteiger partial charge on any atom is 0.317 e. The highest BCUT2D eigenvalue weighted by molar-refractivity contribution is 5.79. The minimum Gasteiger partial charge on any atom is -0.481 e. The second kappa shape index (κ2) is 5.76. The summed E-state index contributed by atoms with van der Waals surface area (Å²) in [5.41, 5.74) is 1.38. The van der Waals surface area contributed by atoms with E-state index in [0.717, 1.165) is 5.56 Å². The predicted molar refractivity (Wildman–Crippen MR) is 80.1 cm³/mol. The van der Waals surface area contributed by atoms with Gasteiger partial charge in [-0.2, -0.15) is 0 Å². The average molecular weight is 290 g/mol. The molecule has 1 aliphatic heterocycles. The van der Waals surface area contributed by atoms with Crippen LogP contribution in [-0.2, 0) is 4.79 Å². The monoisotopic (exact) mass is 290 g/mol. The summed E-state index contributed by atoms with van der Waals surface area (Å²) in [5, 5.41) is 12.1. The Labute approximate surface area is 125 Å². The van der Waals surface area contributed by atoms with E-state index in [4.69, 9.17) is 0 Å². The van der Waals surface area contributed by atoms with E-state index < -0.39 is 11.4 Å². The zero-order valence-electron chi connectivity index (χ0n) is 12.7. The number of hydrogen-bond donors (Lipinski definition) is 2. The first-order valence-electron chi connectivity index (χ1n) is 7.17. The number of likely N-dealkylation sites (tertiary alicyclic amines) is 1. The van der Waals surface area contributed by atoms with Crippen molar-refractivity contribution < 1.29 is 14.7 Å². The standard InChI is InChI=1S/C16H22N2O3/c1-11-4-6-13(7-5-11)12(2)17-15(21)18-9-8-16(3,10-18)14(19)20/h4-7,12H,8-10H2,1-3H3,(H,17,21)(H,19,20). The van der Waals surface area contributed by atoms with Crippen LogP contribution in [0.25, 0.3) is 0 Å². The minimum absolute atomic E-state index is 0.102. The molecule has 0 radical (unpaired) electrons. The third-order valence-electron chi connectivity index (χ3n) is 4.19. The Morgan fingerprint density at radius 1 is 1.33 bits per heavy atom. The first-order valence-corrected chi connectivity index (χ1v) is 7.17. The molecule has 2 rings (SSSR count). The van der Waals surface area contributed by atoms with Crippen LogP contribution in [0.5, 0.6) is 0 Å². The van der Waals surface area contributed by atoms with E-state index in [1.54, 1.807) is 11.8 Å². The van der Waals surface area contributed by atoms with Crippen LogP contribution in [0.15, 0.2) is 24.3 Å². The largest absolute Gasteiger partial charge is 0.481 e. The van der Waals surface area contributed by atoms with Gasteiger partial charge in [-0.25, -0.2) is 4.79 Å². The minimum atomic E-state index is -0.843. The Kier molecular flexibility index (Phi) is 4.21. The lowest BCUT2D eigenvalue weighted by molar-refractivity contribution is -0.146. The van der Waals surface area contributed by atoms with E-state index in [-0.39, 0.29) is 18.6 Å². The molecule has 21 heavy (non-hydrogen) atoms. The summed E-state index contributed by atoms with van der Waals surface area (Å²) in [6.07, 6.45) is 0.495. The van der Waals surface area contributed by atoms with Crippen LogP contribution in [-0.4, -0.2) is 35.1 Å². The Hall–Kier alpha value is -2.04. The number of aryl methyl sites for hydroxylation is 1. The lowest BCUT2D eigenvalue weighted by Gasteiger charge is -2.23. The Morgan fingerprint density at radius 3 is 2.48 bits per heavy atom. The van der Waals surface area contributed by atoms with Crippen molar-refractivity contribution in [3.63, 3.8) is 0 Å². The molecule has 2 N–H and O–H groups in total. The zero-order chi connectivity index (χ0) is 15.6. The highest BCUT2D eigenvalue weighted by Crippen LogP contribution is 2.30. The lowest BCUT2D eigenvalue weighted by Crippen LogP contribution is -2.41. The summed E-state index contributed by atoms with van der Waals surface area (Å²) in [7, 11) is 0. The molecule has 1 aromatic carbocycles. The smallest absolute Gasteiger partial charge is 0.317 e. The predicted octanol–water partition coefficient (Wildman–Crippen LogP) is 2.56. The van der Waals surface area contributed by atoms with Gasteiger partial charge >= 0.3 is 12.0 Å². The molecule has 0 aliphatic carbocycles. The number of urea groups is 1. The second-order valence-electron chi connectivity index (χ2n) is 6.12. The highest BCUT2D eigenvalue weighted by atomic mass is 16.4. The van der Waals surface area contributed by atoms with Crippen molar-refractivity contribution in [1.82, 2.24) is 10.2 Å². The lowest BCUT2D eigenvalue weighted by atomic mass is 9.90. The van der Waals surface area contributed by atoms with Gasteiger partial charge in [-0.3, -0.25) is 4.79 Å². The van der Waals surface area contributed by atoms with Crippen LogP contribution in [0.2, 0.25) is 0 Å². The van der Waals surface area contributed by atoms with Crippen molar-refractivity contribution in [2.24, 2.45) is 5.41 Å². The van der Waals surface area contributed by atoms with Gasteiger partial charge in [-0.15, -0.1) is 0 Å². The summed E-state index contributed by atoms with van der Waals surface area (Å²) in [4.78, 5) is 25.0. The van der Waals surface area contributed by atoms with Gasteiger partial charge in [-0.05, 0) is 32.8 Å². The summed E-state index contributed by atoms with van der Waals surface area (Å²) >= 11 is 0. The number of benzene rings is 1. The van der Waals surface area contributed by atoms with Crippen LogP contribution in [0.4, 0.5) is 4.79 Å². The summed E-state index contributed by atoms with van der Waals surface area (Å²) in [5.74, 6) is -0.843. The van der Waals surface area contributed by atoms with Gasteiger partial charge in [0.05, 0.1) is 11.5 Å². The number of aliphatic carboxylic acids is 1. The van der Waals surface area contributed by atoms with Gasteiger partial charge in [-0.1, -0.05) is 29.8 Å². The normalized spacial score (nSPS) is 22.9. The van der Waals surface area contributed by atoms with Crippen LogP contribution in [0.1, 0.15) is 37.4 Å². The van der Waals surface area contributed by atoms with Crippen LogP contribution in [0.3, 0.4) is 0 Å². The number of amides is 2. The fraction of sp³-hybridized carbons (Fsp3) is 0.500. The molecule has 2 unspecified atom stereocenters. The summed E-state index contributed by atoms with van der Waals surface area (Å²) in [6.45, 7) is 6.37. The quantitative estimate of drug-likeness (QED) is 0.899. The van der Waals surface area contributed by atoms with E-state index in [0.29, 0.717) is 13.0 Å². The van der Waals surface area contributed by atoms with Gasteiger partial charge in [0.2, 0.25) is 0 Å². The molecule has 0 spiro atoms. The number of carboxylic acid groups (broad SMARTS) is 1. The zero-order valence-corrected chi connectivity index (χ0v) is 12.7. The maximum absolute atomic E-state index is 12.2. The van der Waals surface area contributed by atoms with Crippen molar-refractivity contribution in [3.05, 3.63) is 35.4 Å². The number of carboxylic acids is 1. The molecular weight excluding hydrogens is 268 g/mol. The number of rotatable bonds is 3. The topological polar surface area (TPSA) is 69.6 Å². The molecule has 0 bridgehead atoms. The van der Waals surface area contributed by atoms with Crippen molar-refractivity contribution >= 4 is 12.0 Å². The number of nitrogens with zero attached hydrogens (tertiary/aromatic N) is 1. The highest BCUT2D eigenvalue weighted by Gasteiger charge is 2.42. The van der Waals surface area contributed by atoms with Gasteiger partial charge in [0.1, 0.15) is 0 Å². The average Bonchev–Trinajstić information content (AvgIpc) is 2.83. The molecule has 0 aromatic heterocycles. The Bertz CT molecular complexity index is 541. The fourth-order valence-electron chi connectivity index (χ4n) is 2.52. The molecular formula is C16H22N2O3. The van der Waals surface area contributed by atoms with E-state index in [2.05, 4.69) is 5.32 Å². The van der Waals surface area contributed by atoms with Crippen molar-refractivity contribution in [1.29, 1.82) is 0 Å².